The number of rotatable bonds is 4. The summed E-state index contributed by atoms with van der Waals surface area (Å²) in [5.74, 6) is 0. The lowest BCUT2D eigenvalue weighted by atomic mass is 10.0. The number of hydrogen-bond donors (Lipinski definition) is 0. The van der Waals surface area contributed by atoms with Gasteiger partial charge in [-0.15, -0.1) is 0 Å². The molecule has 1 heterocycles. The van der Waals surface area contributed by atoms with E-state index >= 15 is 0 Å². The maximum Gasteiger partial charge on any atom is 0.135 e. The molecule has 4 rings (SSSR count). The Morgan fingerprint density at radius 2 is 1.32 bits per heavy atom. The van der Waals surface area contributed by atoms with Gasteiger partial charge in [-0.3, -0.25) is 0 Å². The van der Waals surface area contributed by atoms with Gasteiger partial charge in [0.2, 0.25) is 0 Å². The zero-order chi connectivity index (χ0) is 14.8. The summed E-state index contributed by atoms with van der Waals surface area (Å²) in [5, 5.41) is 2.44. The maximum atomic E-state index is 5.88. The molecule has 1 heteroatoms. The van der Waals surface area contributed by atoms with Gasteiger partial charge in [0.1, 0.15) is 11.2 Å². The van der Waals surface area contributed by atoms with Crippen LogP contribution in [0.3, 0.4) is 0 Å². The SMILES string of the molecule is c1ccc(CCCc2ccc3oc4ccccc4c3c2)cc1. The lowest BCUT2D eigenvalue weighted by molar-refractivity contribution is 0.668. The van der Waals surface area contributed by atoms with Crippen LogP contribution in [0.15, 0.2) is 77.2 Å². The number of para-hydroxylation sites is 1. The lowest BCUT2D eigenvalue weighted by Gasteiger charge is -2.02. The summed E-state index contributed by atoms with van der Waals surface area (Å²) >= 11 is 0. The van der Waals surface area contributed by atoms with Crippen LogP contribution in [0.2, 0.25) is 0 Å². The second-order valence-electron chi connectivity index (χ2n) is 5.77. The Hall–Kier alpha value is -2.54. The fourth-order valence-electron chi connectivity index (χ4n) is 3.07. The van der Waals surface area contributed by atoms with E-state index in [9.17, 15) is 0 Å². The highest BCUT2D eigenvalue weighted by atomic mass is 16.3. The van der Waals surface area contributed by atoms with Crippen LogP contribution in [0.4, 0.5) is 0 Å². The average Bonchev–Trinajstić information content (AvgIpc) is 2.94. The first kappa shape index (κ1) is 13.1. The minimum absolute atomic E-state index is 0.971. The van der Waals surface area contributed by atoms with E-state index in [1.807, 2.05) is 12.1 Å². The predicted molar refractivity (Wildman–Crippen MR) is 92.2 cm³/mol. The van der Waals surface area contributed by atoms with Gasteiger partial charge in [0.25, 0.3) is 0 Å². The van der Waals surface area contributed by atoms with Crippen LogP contribution < -0.4 is 0 Å². The third-order valence-electron chi connectivity index (χ3n) is 4.21. The predicted octanol–water partition coefficient (Wildman–Crippen LogP) is 5.76. The average molecular weight is 286 g/mol. The van der Waals surface area contributed by atoms with Crippen molar-refractivity contribution in [2.24, 2.45) is 0 Å². The molecule has 0 aliphatic carbocycles. The van der Waals surface area contributed by atoms with Crippen molar-refractivity contribution in [3.8, 4) is 0 Å². The van der Waals surface area contributed by atoms with Crippen LogP contribution >= 0.6 is 0 Å². The van der Waals surface area contributed by atoms with Crippen LogP contribution in [0.25, 0.3) is 21.9 Å². The van der Waals surface area contributed by atoms with Gasteiger partial charge < -0.3 is 4.42 Å². The molecular weight excluding hydrogens is 268 g/mol. The molecule has 0 aliphatic heterocycles. The van der Waals surface area contributed by atoms with E-state index < -0.39 is 0 Å². The Balaban J connectivity index is 1.56. The van der Waals surface area contributed by atoms with Crippen LogP contribution in [0.1, 0.15) is 17.5 Å². The maximum absolute atomic E-state index is 5.88. The van der Waals surface area contributed by atoms with Crippen molar-refractivity contribution in [1.29, 1.82) is 0 Å². The smallest absolute Gasteiger partial charge is 0.135 e. The molecule has 0 radical (unpaired) electrons. The normalized spacial score (nSPS) is 11.3. The molecule has 4 aromatic rings. The third-order valence-corrected chi connectivity index (χ3v) is 4.21. The zero-order valence-electron chi connectivity index (χ0n) is 12.5. The van der Waals surface area contributed by atoms with Gasteiger partial charge in [-0.1, -0.05) is 54.6 Å². The summed E-state index contributed by atoms with van der Waals surface area (Å²) in [7, 11) is 0. The Labute approximate surface area is 130 Å². The highest BCUT2D eigenvalue weighted by Crippen LogP contribution is 2.29. The highest BCUT2D eigenvalue weighted by Gasteiger charge is 2.06. The number of benzene rings is 3. The number of fused-ring (bicyclic) bond motifs is 3. The fourth-order valence-corrected chi connectivity index (χ4v) is 3.07. The van der Waals surface area contributed by atoms with Crippen molar-refractivity contribution in [3.05, 3.63) is 83.9 Å². The topological polar surface area (TPSA) is 13.1 Å². The molecule has 0 amide bonds. The van der Waals surface area contributed by atoms with E-state index in [1.54, 1.807) is 0 Å². The van der Waals surface area contributed by atoms with Gasteiger partial charge in [0.15, 0.2) is 0 Å². The van der Waals surface area contributed by atoms with E-state index in [4.69, 9.17) is 4.42 Å². The molecule has 1 aromatic heterocycles. The van der Waals surface area contributed by atoms with Crippen LogP contribution in [0.5, 0.6) is 0 Å². The second-order valence-corrected chi connectivity index (χ2v) is 5.77. The molecule has 0 atom stereocenters. The molecule has 0 saturated carbocycles. The minimum Gasteiger partial charge on any atom is -0.456 e. The summed E-state index contributed by atoms with van der Waals surface area (Å²) < 4.78 is 5.88. The molecule has 1 nitrogen and oxygen atoms in total. The van der Waals surface area contributed by atoms with Gasteiger partial charge in [-0.25, -0.2) is 0 Å². The molecule has 0 fully saturated rings. The van der Waals surface area contributed by atoms with E-state index in [2.05, 4.69) is 60.7 Å². The molecule has 22 heavy (non-hydrogen) atoms. The van der Waals surface area contributed by atoms with E-state index in [0.29, 0.717) is 0 Å². The second kappa shape index (κ2) is 5.69. The first-order chi connectivity index (χ1) is 10.9. The zero-order valence-corrected chi connectivity index (χ0v) is 12.5. The Morgan fingerprint density at radius 3 is 2.23 bits per heavy atom. The summed E-state index contributed by atoms with van der Waals surface area (Å²) in [6, 6.07) is 25.5. The molecule has 0 aliphatic rings. The molecule has 0 bridgehead atoms. The van der Waals surface area contributed by atoms with Crippen molar-refractivity contribution >= 4 is 21.9 Å². The largest absolute Gasteiger partial charge is 0.456 e. The number of hydrogen-bond acceptors (Lipinski definition) is 1. The Kier molecular flexibility index (Phi) is 3.40. The molecule has 0 unspecified atom stereocenters. The van der Waals surface area contributed by atoms with E-state index in [1.165, 1.54) is 28.3 Å². The van der Waals surface area contributed by atoms with Gasteiger partial charge in [0, 0.05) is 10.8 Å². The molecule has 108 valence electrons. The van der Waals surface area contributed by atoms with Crippen molar-refractivity contribution in [2.45, 2.75) is 19.3 Å². The molecule has 0 saturated heterocycles. The molecule has 0 N–H and O–H groups in total. The van der Waals surface area contributed by atoms with Crippen LogP contribution in [-0.4, -0.2) is 0 Å². The van der Waals surface area contributed by atoms with Crippen molar-refractivity contribution in [3.63, 3.8) is 0 Å². The first-order valence-corrected chi connectivity index (χ1v) is 7.84. The van der Waals surface area contributed by atoms with Crippen LogP contribution in [-0.2, 0) is 12.8 Å². The van der Waals surface area contributed by atoms with Gasteiger partial charge in [0.05, 0.1) is 0 Å². The minimum atomic E-state index is 0.971. The quantitative estimate of drug-likeness (QED) is 0.465. The van der Waals surface area contributed by atoms with Gasteiger partial charge in [-0.2, -0.15) is 0 Å². The third kappa shape index (κ3) is 2.50. The fraction of sp³-hybridized carbons (Fsp3) is 0.143. The standard InChI is InChI=1S/C21H18O/c1-2-7-16(8-3-1)9-6-10-17-13-14-21-19(15-17)18-11-4-5-12-20(18)22-21/h1-5,7-8,11-15H,6,9-10H2. The van der Waals surface area contributed by atoms with Crippen molar-refractivity contribution in [1.82, 2.24) is 0 Å². The number of furan rings is 1. The highest BCUT2D eigenvalue weighted by molar-refractivity contribution is 6.04. The molecule has 3 aromatic carbocycles. The van der Waals surface area contributed by atoms with Gasteiger partial charge >= 0.3 is 0 Å². The molecule has 0 spiro atoms. The van der Waals surface area contributed by atoms with Crippen molar-refractivity contribution < 1.29 is 4.42 Å². The van der Waals surface area contributed by atoms with Crippen molar-refractivity contribution in [2.75, 3.05) is 0 Å². The summed E-state index contributed by atoms with van der Waals surface area (Å²) in [5.41, 5.74) is 4.75. The monoisotopic (exact) mass is 286 g/mol. The molecular formula is C21H18O. The summed E-state index contributed by atoms with van der Waals surface area (Å²) in [6.07, 6.45) is 3.40. The summed E-state index contributed by atoms with van der Waals surface area (Å²) in [6.45, 7) is 0. The first-order valence-electron chi connectivity index (χ1n) is 7.84. The van der Waals surface area contributed by atoms with Gasteiger partial charge in [-0.05, 0) is 48.6 Å². The Morgan fingerprint density at radius 1 is 0.591 bits per heavy atom. The van der Waals surface area contributed by atoms with Crippen LogP contribution in [0, 0.1) is 0 Å². The lowest BCUT2D eigenvalue weighted by Crippen LogP contribution is -1.89. The summed E-state index contributed by atoms with van der Waals surface area (Å²) in [4.78, 5) is 0. The van der Waals surface area contributed by atoms with E-state index in [0.717, 1.165) is 24.0 Å². The van der Waals surface area contributed by atoms with E-state index in [-0.39, 0.29) is 0 Å². The number of aryl methyl sites for hydroxylation is 2. The Bertz CT molecular complexity index is 903.